The van der Waals surface area contributed by atoms with E-state index >= 15 is 0 Å². The van der Waals surface area contributed by atoms with Gasteiger partial charge in [-0.2, -0.15) is 13.2 Å². The lowest BCUT2D eigenvalue weighted by molar-refractivity contribution is -0.140. The van der Waals surface area contributed by atoms with Gasteiger partial charge in [0.2, 0.25) is 0 Å². The number of thioether (sulfide) groups is 1. The Morgan fingerprint density at radius 3 is 2.67 bits per heavy atom. The van der Waals surface area contributed by atoms with E-state index in [0.29, 0.717) is 11.8 Å². The van der Waals surface area contributed by atoms with E-state index in [4.69, 9.17) is 5.11 Å². The van der Waals surface area contributed by atoms with Gasteiger partial charge in [-0.3, -0.25) is 4.79 Å². The number of hydrogen-bond donors (Lipinski definition) is 1. The molecule has 0 spiro atoms. The number of carboxylic acids is 1. The number of hydrogen-bond acceptors (Lipinski definition) is 3. The molecule has 0 radical (unpaired) electrons. The van der Waals surface area contributed by atoms with E-state index in [1.54, 1.807) is 6.92 Å². The number of aromatic nitrogens is 1. The molecule has 1 atom stereocenters. The van der Waals surface area contributed by atoms with Crippen LogP contribution in [0.3, 0.4) is 0 Å². The Morgan fingerprint density at radius 1 is 1.61 bits per heavy atom. The Kier molecular flexibility index (Phi) is 5.03. The minimum atomic E-state index is -4.56. The molecule has 1 aromatic heterocycles. The summed E-state index contributed by atoms with van der Waals surface area (Å²) < 4.78 is 38.5. The second-order valence-corrected chi connectivity index (χ2v) is 5.46. The molecule has 8 heteroatoms. The number of carbonyl (C=O) groups is 1. The van der Waals surface area contributed by atoms with Crippen LogP contribution in [0.2, 0.25) is 0 Å². The molecule has 1 unspecified atom stereocenters. The summed E-state index contributed by atoms with van der Waals surface area (Å²) in [7, 11) is 0. The molecule has 1 N–H and O–H groups in total. The normalized spacial score (nSPS) is 13.4. The zero-order valence-electron chi connectivity index (χ0n) is 9.16. The van der Waals surface area contributed by atoms with Crippen molar-refractivity contribution in [1.82, 2.24) is 4.98 Å². The Hall–Kier alpha value is -0.760. The standard InChI is InChI=1S/C10H9BrF3NO2S/c1-2-7(9(16)17)18-8-6(10(12,13)14)3-5(11)4-15-8/h3-4,7H,2H2,1H3,(H,16,17). The van der Waals surface area contributed by atoms with Crippen LogP contribution < -0.4 is 0 Å². The first kappa shape index (κ1) is 15.3. The van der Waals surface area contributed by atoms with Crippen molar-refractivity contribution < 1.29 is 23.1 Å². The van der Waals surface area contributed by atoms with E-state index < -0.39 is 23.0 Å². The molecule has 0 saturated heterocycles. The van der Waals surface area contributed by atoms with Crippen LogP contribution in [0.5, 0.6) is 0 Å². The number of halogens is 4. The maximum Gasteiger partial charge on any atom is 0.419 e. The number of pyridine rings is 1. The van der Waals surface area contributed by atoms with Crippen molar-refractivity contribution >= 4 is 33.7 Å². The van der Waals surface area contributed by atoms with Crippen molar-refractivity contribution in [2.45, 2.75) is 29.8 Å². The molecule has 1 heterocycles. The second kappa shape index (κ2) is 5.92. The van der Waals surface area contributed by atoms with Gasteiger partial charge in [0.1, 0.15) is 10.3 Å². The lowest BCUT2D eigenvalue weighted by atomic mass is 10.3. The third-order valence-corrected chi connectivity index (χ3v) is 3.83. The van der Waals surface area contributed by atoms with Gasteiger partial charge in [0.05, 0.1) is 5.56 Å². The topological polar surface area (TPSA) is 50.2 Å². The largest absolute Gasteiger partial charge is 0.480 e. The van der Waals surface area contributed by atoms with Crippen LogP contribution in [0.1, 0.15) is 18.9 Å². The fourth-order valence-corrected chi connectivity index (χ4v) is 2.45. The summed E-state index contributed by atoms with van der Waals surface area (Å²) in [5.74, 6) is -1.15. The van der Waals surface area contributed by atoms with Crippen molar-refractivity contribution in [2.24, 2.45) is 0 Å². The van der Waals surface area contributed by atoms with Crippen LogP contribution in [0.4, 0.5) is 13.2 Å². The first-order valence-corrected chi connectivity index (χ1v) is 6.55. The van der Waals surface area contributed by atoms with Gasteiger partial charge >= 0.3 is 12.1 Å². The third-order valence-electron chi connectivity index (χ3n) is 2.02. The fraction of sp³-hybridized carbons (Fsp3) is 0.400. The number of carboxylic acid groups (broad SMARTS) is 1. The van der Waals surface area contributed by atoms with E-state index in [0.717, 1.165) is 6.07 Å². The Labute approximate surface area is 114 Å². The molecule has 100 valence electrons. The van der Waals surface area contributed by atoms with Crippen LogP contribution in [-0.4, -0.2) is 21.3 Å². The number of rotatable bonds is 4. The third kappa shape index (κ3) is 3.88. The summed E-state index contributed by atoms with van der Waals surface area (Å²) in [4.78, 5) is 14.5. The summed E-state index contributed by atoms with van der Waals surface area (Å²) in [5.41, 5.74) is -0.929. The molecular formula is C10H9BrF3NO2S. The summed E-state index contributed by atoms with van der Waals surface area (Å²) in [6.45, 7) is 1.60. The van der Waals surface area contributed by atoms with E-state index in [2.05, 4.69) is 20.9 Å². The molecule has 0 bridgehead atoms. The molecule has 0 fully saturated rings. The first-order chi connectivity index (χ1) is 8.25. The van der Waals surface area contributed by atoms with E-state index in [1.807, 2.05) is 0 Å². The maximum absolute atomic E-state index is 12.8. The van der Waals surface area contributed by atoms with Crippen molar-refractivity contribution in [3.8, 4) is 0 Å². The van der Waals surface area contributed by atoms with Gasteiger partial charge in [0.15, 0.2) is 0 Å². The smallest absolute Gasteiger partial charge is 0.419 e. The molecule has 18 heavy (non-hydrogen) atoms. The highest BCUT2D eigenvalue weighted by Gasteiger charge is 2.35. The van der Waals surface area contributed by atoms with Crippen LogP contribution >= 0.6 is 27.7 Å². The van der Waals surface area contributed by atoms with Gasteiger partial charge in [0.25, 0.3) is 0 Å². The van der Waals surface area contributed by atoms with Gasteiger partial charge in [-0.15, -0.1) is 0 Å². The average molecular weight is 344 g/mol. The highest BCUT2D eigenvalue weighted by atomic mass is 79.9. The van der Waals surface area contributed by atoms with E-state index in [9.17, 15) is 18.0 Å². The lowest BCUT2D eigenvalue weighted by Crippen LogP contribution is -2.17. The van der Waals surface area contributed by atoms with Gasteiger partial charge in [-0.05, 0) is 28.4 Å². The average Bonchev–Trinajstić information content (AvgIpc) is 2.25. The predicted molar refractivity (Wildman–Crippen MR) is 64.5 cm³/mol. The quantitative estimate of drug-likeness (QED) is 0.844. The zero-order chi connectivity index (χ0) is 13.9. The number of nitrogens with zero attached hydrogens (tertiary/aromatic N) is 1. The highest BCUT2D eigenvalue weighted by Crippen LogP contribution is 2.38. The minimum absolute atomic E-state index is 0.197. The fourth-order valence-electron chi connectivity index (χ4n) is 1.17. The van der Waals surface area contributed by atoms with Crippen LogP contribution in [0, 0.1) is 0 Å². The summed E-state index contributed by atoms with van der Waals surface area (Å²) in [6, 6.07) is 0.893. The van der Waals surface area contributed by atoms with Crippen LogP contribution in [-0.2, 0) is 11.0 Å². The summed E-state index contributed by atoms with van der Waals surface area (Å²) >= 11 is 3.52. The van der Waals surface area contributed by atoms with Crippen molar-refractivity contribution in [3.05, 3.63) is 22.3 Å². The number of alkyl halides is 3. The molecule has 0 amide bonds. The van der Waals surface area contributed by atoms with Crippen molar-refractivity contribution in [2.75, 3.05) is 0 Å². The molecule has 0 saturated carbocycles. The molecule has 3 nitrogen and oxygen atoms in total. The maximum atomic E-state index is 12.8. The van der Waals surface area contributed by atoms with E-state index in [-0.39, 0.29) is 15.9 Å². The van der Waals surface area contributed by atoms with Crippen LogP contribution in [0.25, 0.3) is 0 Å². The molecular weight excluding hydrogens is 335 g/mol. The van der Waals surface area contributed by atoms with Crippen molar-refractivity contribution in [1.29, 1.82) is 0 Å². The monoisotopic (exact) mass is 343 g/mol. The summed E-state index contributed by atoms with van der Waals surface area (Å²) in [5, 5.41) is 7.58. The Bertz CT molecular complexity index is 453. The van der Waals surface area contributed by atoms with Gasteiger partial charge in [0, 0.05) is 10.7 Å². The predicted octanol–water partition coefficient (Wildman–Crippen LogP) is 3.82. The van der Waals surface area contributed by atoms with Gasteiger partial charge in [-0.1, -0.05) is 18.7 Å². The Balaban J connectivity index is 3.12. The molecule has 1 aromatic rings. The summed E-state index contributed by atoms with van der Waals surface area (Å²) in [6.07, 6.45) is -3.13. The Morgan fingerprint density at radius 2 is 2.22 bits per heavy atom. The first-order valence-electron chi connectivity index (χ1n) is 4.88. The highest BCUT2D eigenvalue weighted by molar-refractivity contribution is 9.10. The van der Waals surface area contributed by atoms with E-state index in [1.165, 1.54) is 6.20 Å². The van der Waals surface area contributed by atoms with Crippen LogP contribution in [0.15, 0.2) is 21.8 Å². The molecule has 1 rings (SSSR count). The second-order valence-electron chi connectivity index (χ2n) is 3.36. The lowest BCUT2D eigenvalue weighted by Gasteiger charge is -2.14. The van der Waals surface area contributed by atoms with Crippen molar-refractivity contribution in [3.63, 3.8) is 0 Å². The zero-order valence-corrected chi connectivity index (χ0v) is 11.6. The minimum Gasteiger partial charge on any atom is -0.480 e. The molecule has 0 aromatic carbocycles. The molecule has 0 aliphatic carbocycles. The van der Waals surface area contributed by atoms with Gasteiger partial charge < -0.3 is 5.11 Å². The SMILES string of the molecule is CCC(Sc1ncc(Br)cc1C(F)(F)F)C(=O)O. The van der Waals surface area contributed by atoms with Gasteiger partial charge in [-0.25, -0.2) is 4.98 Å². The molecule has 0 aliphatic heterocycles. The molecule has 0 aliphatic rings. The number of aliphatic carboxylic acids is 1.